The largest absolute Gasteiger partial charge is 0.439 e. The van der Waals surface area contributed by atoms with Crippen LogP contribution in [0.1, 0.15) is 18.4 Å². The van der Waals surface area contributed by atoms with Gasteiger partial charge in [-0.1, -0.05) is 17.7 Å². The summed E-state index contributed by atoms with van der Waals surface area (Å²) in [4.78, 5) is 42.9. The van der Waals surface area contributed by atoms with Gasteiger partial charge in [-0.25, -0.2) is 14.5 Å². The number of amides is 4. The summed E-state index contributed by atoms with van der Waals surface area (Å²) in [6, 6.07) is 20.3. The second kappa shape index (κ2) is 9.15. The van der Waals surface area contributed by atoms with E-state index in [1.807, 2.05) is 53.3 Å². The third-order valence-corrected chi connectivity index (χ3v) is 6.88. The number of pyridine rings is 1. The van der Waals surface area contributed by atoms with Crippen LogP contribution in [-0.2, 0) is 9.59 Å². The van der Waals surface area contributed by atoms with Crippen molar-refractivity contribution in [2.75, 3.05) is 11.4 Å². The molecule has 10 nitrogen and oxygen atoms in total. The lowest BCUT2D eigenvalue weighted by atomic mass is 9.92. The van der Waals surface area contributed by atoms with Crippen LogP contribution in [0.25, 0.3) is 16.9 Å². The van der Waals surface area contributed by atoms with Crippen molar-refractivity contribution in [3.8, 4) is 28.6 Å². The lowest BCUT2D eigenvalue weighted by Crippen LogP contribution is -2.71. The molecule has 190 valence electrons. The van der Waals surface area contributed by atoms with E-state index < -0.39 is 23.4 Å². The number of aromatic nitrogens is 3. The number of hydrogen-bond acceptors (Lipinski definition) is 7. The van der Waals surface area contributed by atoms with Crippen molar-refractivity contribution < 1.29 is 19.1 Å². The van der Waals surface area contributed by atoms with Gasteiger partial charge in [-0.2, -0.15) is 5.10 Å². The number of imide groups is 2. The molecule has 0 unspecified atom stereocenters. The van der Waals surface area contributed by atoms with Crippen LogP contribution in [0, 0.1) is 6.92 Å². The molecule has 4 heterocycles. The van der Waals surface area contributed by atoms with Crippen LogP contribution >= 0.6 is 0 Å². The monoisotopic (exact) mass is 508 g/mol. The zero-order chi connectivity index (χ0) is 26.3. The van der Waals surface area contributed by atoms with E-state index in [1.54, 1.807) is 23.2 Å². The van der Waals surface area contributed by atoms with Gasteiger partial charge in [-0.3, -0.25) is 20.2 Å². The highest BCUT2D eigenvalue weighted by Crippen LogP contribution is 2.36. The standard InChI is InChI=1S/C28H24N6O4/c1-18-3-7-20(8-4-18)34-16-13-23(32-34)19-5-10-22(11-6-19)38-24-12-9-21(17-29-24)33-15-2-14-28(33)25(35)30-27(37)31-26(28)36/h3-13,16-17H,2,14-15H2,1H3,(H2,30,31,35,36,37). The first kappa shape index (κ1) is 23.4. The second-order valence-corrected chi connectivity index (χ2v) is 9.32. The highest BCUT2D eigenvalue weighted by Gasteiger charge is 2.57. The molecule has 2 aliphatic rings. The molecule has 1 spiro atoms. The normalized spacial score (nSPS) is 16.4. The minimum atomic E-state index is -1.46. The Balaban J connectivity index is 1.15. The van der Waals surface area contributed by atoms with Gasteiger partial charge < -0.3 is 9.64 Å². The Kier molecular flexibility index (Phi) is 5.64. The molecule has 4 aromatic rings. The molecule has 0 saturated carbocycles. The maximum Gasteiger partial charge on any atom is 0.328 e. The van der Waals surface area contributed by atoms with E-state index in [4.69, 9.17) is 4.74 Å². The number of nitrogens with zero attached hydrogens (tertiary/aromatic N) is 4. The third kappa shape index (κ3) is 4.05. The van der Waals surface area contributed by atoms with Crippen LogP contribution in [0.4, 0.5) is 10.5 Å². The number of benzene rings is 2. The van der Waals surface area contributed by atoms with Gasteiger partial charge in [0.05, 0.1) is 23.3 Å². The van der Waals surface area contributed by atoms with Crippen LogP contribution in [0.2, 0.25) is 0 Å². The Morgan fingerprint density at radius 1 is 0.868 bits per heavy atom. The Morgan fingerprint density at radius 3 is 2.26 bits per heavy atom. The smallest absolute Gasteiger partial charge is 0.328 e. The van der Waals surface area contributed by atoms with E-state index in [2.05, 4.69) is 39.8 Å². The van der Waals surface area contributed by atoms with E-state index in [-0.39, 0.29) is 0 Å². The molecule has 2 aliphatic heterocycles. The number of hydrogen-bond donors (Lipinski definition) is 2. The summed E-state index contributed by atoms with van der Waals surface area (Å²) in [5.41, 5.74) is 3.12. The van der Waals surface area contributed by atoms with E-state index in [0.717, 1.165) is 16.9 Å². The zero-order valence-corrected chi connectivity index (χ0v) is 20.5. The molecule has 2 saturated heterocycles. The highest BCUT2D eigenvalue weighted by molar-refractivity contribution is 6.24. The van der Waals surface area contributed by atoms with E-state index >= 15 is 0 Å². The summed E-state index contributed by atoms with van der Waals surface area (Å²) in [6.07, 6.45) is 4.43. The van der Waals surface area contributed by atoms with Crippen LogP contribution in [0.5, 0.6) is 11.6 Å². The number of carbonyl (C=O) groups is 3. The topological polar surface area (TPSA) is 118 Å². The van der Waals surface area contributed by atoms with Gasteiger partial charge in [0.25, 0.3) is 11.8 Å². The fourth-order valence-corrected chi connectivity index (χ4v) is 4.91. The quantitative estimate of drug-likeness (QED) is 0.394. The fraction of sp³-hybridized carbons (Fsp3) is 0.179. The van der Waals surface area contributed by atoms with Crippen LogP contribution in [-0.4, -0.2) is 44.7 Å². The minimum Gasteiger partial charge on any atom is -0.439 e. The van der Waals surface area contributed by atoms with E-state index in [0.29, 0.717) is 36.7 Å². The molecule has 2 fully saturated rings. The molecular weight excluding hydrogens is 484 g/mol. The van der Waals surface area contributed by atoms with Crippen molar-refractivity contribution in [2.24, 2.45) is 0 Å². The number of ether oxygens (including phenoxy) is 1. The van der Waals surface area contributed by atoms with Gasteiger partial charge in [0.2, 0.25) is 5.88 Å². The van der Waals surface area contributed by atoms with Crippen LogP contribution in [0.15, 0.2) is 79.1 Å². The lowest BCUT2D eigenvalue weighted by Gasteiger charge is -2.38. The van der Waals surface area contributed by atoms with Crippen LogP contribution < -0.4 is 20.3 Å². The van der Waals surface area contributed by atoms with Crippen molar-refractivity contribution >= 4 is 23.5 Å². The molecule has 38 heavy (non-hydrogen) atoms. The summed E-state index contributed by atoms with van der Waals surface area (Å²) in [5.74, 6) is -0.263. The number of aryl methyl sites for hydroxylation is 1. The molecule has 10 heteroatoms. The number of anilines is 1. The maximum atomic E-state index is 12.7. The van der Waals surface area contributed by atoms with Crippen molar-refractivity contribution in [2.45, 2.75) is 25.3 Å². The van der Waals surface area contributed by atoms with Crippen LogP contribution in [0.3, 0.4) is 0 Å². The van der Waals surface area contributed by atoms with E-state index in [9.17, 15) is 14.4 Å². The minimum absolute atomic E-state index is 0.311. The molecule has 2 aromatic carbocycles. The molecule has 4 amide bonds. The molecule has 0 aliphatic carbocycles. The van der Waals surface area contributed by atoms with Crippen molar-refractivity contribution in [3.05, 3.63) is 84.7 Å². The number of rotatable bonds is 5. The Labute approximate surface area is 218 Å². The van der Waals surface area contributed by atoms with Gasteiger partial charge >= 0.3 is 6.03 Å². The molecular formula is C28H24N6O4. The Morgan fingerprint density at radius 2 is 1.58 bits per heavy atom. The van der Waals surface area contributed by atoms with Crippen molar-refractivity contribution in [3.63, 3.8) is 0 Å². The molecule has 2 N–H and O–H groups in total. The maximum absolute atomic E-state index is 12.7. The van der Waals surface area contributed by atoms with Gasteiger partial charge in [-0.05, 0) is 68.3 Å². The van der Waals surface area contributed by atoms with E-state index in [1.165, 1.54) is 5.56 Å². The van der Waals surface area contributed by atoms with Crippen molar-refractivity contribution in [1.82, 2.24) is 25.4 Å². The summed E-state index contributed by atoms with van der Waals surface area (Å²) in [7, 11) is 0. The number of urea groups is 1. The van der Waals surface area contributed by atoms with Crippen molar-refractivity contribution in [1.29, 1.82) is 0 Å². The summed E-state index contributed by atoms with van der Waals surface area (Å²) in [5, 5.41) is 9.10. The number of barbiturate groups is 1. The summed E-state index contributed by atoms with van der Waals surface area (Å²) < 4.78 is 7.75. The number of carbonyl (C=O) groups excluding carboxylic acids is 3. The lowest BCUT2D eigenvalue weighted by molar-refractivity contribution is -0.137. The molecule has 0 radical (unpaired) electrons. The third-order valence-electron chi connectivity index (χ3n) is 6.88. The molecule has 6 rings (SSSR count). The Bertz CT molecular complexity index is 1510. The zero-order valence-electron chi connectivity index (χ0n) is 20.5. The Hall–Kier alpha value is -4.99. The highest BCUT2D eigenvalue weighted by atomic mass is 16.5. The average molecular weight is 509 g/mol. The molecule has 0 bridgehead atoms. The van der Waals surface area contributed by atoms with Gasteiger partial charge in [0.15, 0.2) is 5.54 Å². The first-order valence-electron chi connectivity index (χ1n) is 12.2. The van der Waals surface area contributed by atoms with Gasteiger partial charge in [0, 0.05) is 24.4 Å². The first-order valence-corrected chi connectivity index (χ1v) is 12.2. The van der Waals surface area contributed by atoms with Gasteiger partial charge in [-0.15, -0.1) is 0 Å². The first-order chi connectivity index (χ1) is 18.4. The predicted octanol–water partition coefficient (Wildman–Crippen LogP) is 3.74. The predicted molar refractivity (Wildman–Crippen MR) is 139 cm³/mol. The van der Waals surface area contributed by atoms with Gasteiger partial charge in [0.1, 0.15) is 5.75 Å². The second-order valence-electron chi connectivity index (χ2n) is 9.32. The summed E-state index contributed by atoms with van der Waals surface area (Å²) >= 11 is 0. The number of nitrogens with one attached hydrogen (secondary N) is 2. The average Bonchev–Trinajstić information content (AvgIpc) is 3.58. The molecule has 0 atom stereocenters. The SMILES string of the molecule is Cc1ccc(-n2ccc(-c3ccc(Oc4ccc(N5CCCC56C(=O)NC(=O)NC6=O)cn4)cc3)n2)cc1. The fourth-order valence-electron chi connectivity index (χ4n) is 4.91. The summed E-state index contributed by atoms with van der Waals surface area (Å²) in [6.45, 7) is 2.54. The molecule has 2 aromatic heterocycles.